The highest BCUT2D eigenvalue weighted by atomic mass is 79.9. The molecule has 2 aliphatic heterocycles. The molecule has 0 saturated carbocycles. The van der Waals surface area contributed by atoms with E-state index in [1.54, 1.807) is 22.6 Å². The van der Waals surface area contributed by atoms with E-state index in [1.165, 1.54) is 12.3 Å². The van der Waals surface area contributed by atoms with E-state index in [0.717, 1.165) is 27.0 Å². The van der Waals surface area contributed by atoms with Crippen molar-refractivity contribution in [2.45, 2.75) is 32.1 Å². The molecule has 0 radical (unpaired) electrons. The summed E-state index contributed by atoms with van der Waals surface area (Å²) in [5.41, 5.74) is 5.50. The van der Waals surface area contributed by atoms with Gasteiger partial charge in [0.15, 0.2) is 6.23 Å². The summed E-state index contributed by atoms with van der Waals surface area (Å²) in [6.07, 6.45) is 2.92. The maximum absolute atomic E-state index is 13.6. The van der Waals surface area contributed by atoms with Crippen LogP contribution in [-0.4, -0.2) is 44.1 Å². The molecule has 0 spiro atoms. The van der Waals surface area contributed by atoms with Gasteiger partial charge in [-0.1, -0.05) is 28.1 Å². The maximum Gasteiger partial charge on any atom is 0.253 e. The van der Waals surface area contributed by atoms with Crippen molar-refractivity contribution in [3.8, 4) is 16.9 Å². The Bertz CT molecular complexity index is 1540. The average Bonchev–Trinajstić information content (AvgIpc) is 3.58. The summed E-state index contributed by atoms with van der Waals surface area (Å²) in [5.74, 6) is -0.719. The number of fused-ring (bicyclic) bond motifs is 1. The van der Waals surface area contributed by atoms with Crippen LogP contribution in [0.2, 0.25) is 0 Å². The lowest BCUT2D eigenvalue weighted by atomic mass is 10.0. The minimum atomic E-state index is -0.681. The standard InChI is InChI=1S/C28H23BrFN5O3/c1-16-27(37)34(11-10-17-2-8-23-19(12-17)13-25(36)32-23)28(38-16)22-15-35(21-6-4-20(29)5-7-21)33-26(22)18-3-9-24(30)31-14-18/h2-9,12,14-16,28H,10-11,13H2,1H3,(H,32,36)/t16-,28-/m0/s1. The van der Waals surface area contributed by atoms with Crippen LogP contribution in [-0.2, 0) is 27.2 Å². The normalized spacial score (nSPS) is 18.7. The topological polar surface area (TPSA) is 89.3 Å². The molecule has 0 bridgehead atoms. The first-order valence-electron chi connectivity index (χ1n) is 12.2. The van der Waals surface area contributed by atoms with Gasteiger partial charge in [-0.2, -0.15) is 9.49 Å². The fraction of sp³-hybridized carbons (Fsp3) is 0.214. The molecule has 2 aliphatic rings. The zero-order chi connectivity index (χ0) is 26.4. The quantitative estimate of drug-likeness (QED) is 0.333. The van der Waals surface area contributed by atoms with E-state index in [0.29, 0.717) is 36.2 Å². The van der Waals surface area contributed by atoms with E-state index >= 15 is 0 Å². The van der Waals surface area contributed by atoms with E-state index in [1.807, 2.05) is 48.7 Å². The van der Waals surface area contributed by atoms with Gasteiger partial charge in [-0.05, 0) is 66.9 Å². The number of hydrogen-bond donors (Lipinski definition) is 1. The molecule has 4 aromatic rings. The lowest BCUT2D eigenvalue weighted by molar-refractivity contribution is -0.130. The second-order valence-corrected chi connectivity index (χ2v) is 10.3. The van der Waals surface area contributed by atoms with Crippen LogP contribution in [0.4, 0.5) is 10.1 Å². The van der Waals surface area contributed by atoms with E-state index in [-0.39, 0.29) is 11.8 Å². The van der Waals surface area contributed by atoms with Crippen molar-refractivity contribution in [1.29, 1.82) is 0 Å². The minimum Gasteiger partial charge on any atom is -0.341 e. The molecular weight excluding hydrogens is 553 g/mol. The molecule has 0 aliphatic carbocycles. The summed E-state index contributed by atoms with van der Waals surface area (Å²) in [6, 6.07) is 16.4. The van der Waals surface area contributed by atoms with Gasteiger partial charge in [0, 0.05) is 40.2 Å². The first-order valence-corrected chi connectivity index (χ1v) is 13.0. The third-order valence-electron chi connectivity index (χ3n) is 6.78. The number of amides is 2. The molecule has 4 heterocycles. The zero-order valence-corrected chi connectivity index (χ0v) is 22.0. The van der Waals surface area contributed by atoms with E-state index in [2.05, 4.69) is 26.2 Å². The minimum absolute atomic E-state index is 0.0141. The van der Waals surface area contributed by atoms with Gasteiger partial charge in [0.1, 0.15) is 11.8 Å². The van der Waals surface area contributed by atoms with Crippen LogP contribution in [0.15, 0.2) is 71.5 Å². The van der Waals surface area contributed by atoms with Crippen LogP contribution in [0.5, 0.6) is 0 Å². The maximum atomic E-state index is 13.6. The number of halogens is 2. The number of ether oxygens (including phenoxy) is 1. The molecule has 1 fully saturated rings. The molecule has 38 heavy (non-hydrogen) atoms. The molecular formula is C28H23BrFN5O3. The number of aromatic nitrogens is 3. The zero-order valence-electron chi connectivity index (χ0n) is 20.4. The van der Waals surface area contributed by atoms with Crippen LogP contribution < -0.4 is 5.32 Å². The first kappa shape index (κ1) is 24.4. The Labute approximate surface area is 226 Å². The summed E-state index contributed by atoms with van der Waals surface area (Å²) in [4.78, 5) is 30.4. The molecule has 1 N–H and O–H groups in total. The highest BCUT2D eigenvalue weighted by Crippen LogP contribution is 2.37. The van der Waals surface area contributed by atoms with Crippen molar-refractivity contribution in [3.05, 3.63) is 94.1 Å². The number of carbonyl (C=O) groups excluding carboxylic acids is 2. The fourth-order valence-electron chi connectivity index (χ4n) is 4.86. The Morgan fingerprint density at radius 1 is 1.13 bits per heavy atom. The molecule has 8 nitrogen and oxygen atoms in total. The van der Waals surface area contributed by atoms with Crippen molar-refractivity contribution in [1.82, 2.24) is 19.7 Å². The number of rotatable bonds is 6. The Morgan fingerprint density at radius 3 is 2.71 bits per heavy atom. The molecule has 10 heteroatoms. The highest BCUT2D eigenvalue weighted by Gasteiger charge is 2.40. The van der Waals surface area contributed by atoms with Crippen LogP contribution in [0.3, 0.4) is 0 Å². The molecule has 192 valence electrons. The molecule has 2 amide bonds. The molecule has 2 aromatic heterocycles. The number of pyridine rings is 1. The summed E-state index contributed by atoms with van der Waals surface area (Å²) in [6.45, 7) is 2.15. The fourth-order valence-corrected chi connectivity index (χ4v) is 5.13. The third-order valence-corrected chi connectivity index (χ3v) is 7.31. The second-order valence-electron chi connectivity index (χ2n) is 9.35. The van der Waals surface area contributed by atoms with Gasteiger partial charge in [-0.25, -0.2) is 9.67 Å². The lowest BCUT2D eigenvalue weighted by Gasteiger charge is -2.23. The molecule has 1 saturated heterocycles. The predicted octanol–water partition coefficient (Wildman–Crippen LogP) is 4.82. The third kappa shape index (κ3) is 4.61. The number of anilines is 1. The van der Waals surface area contributed by atoms with Crippen LogP contribution >= 0.6 is 15.9 Å². The molecule has 0 unspecified atom stereocenters. The molecule has 6 rings (SSSR count). The van der Waals surface area contributed by atoms with Gasteiger partial charge in [0.2, 0.25) is 11.9 Å². The van der Waals surface area contributed by atoms with E-state index in [4.69, 9.17) is 9.84 Å². The highest BCUT2D eigenvalue weighted by molar-refractivity contribution is 9.10. The van der Waals surface area contributed by atoms with Gasteiger partial charge in [0.25, 0.3) is 5.91 Å². The molecule has 2 aromatic carbocycles. The van der Waals surface area contributed by atoms with Crippen molar-refractivity contribution in [2.75, 3.05) is 11.9 Å². The average molecular weight is 576 g/mol. The van der Waals surface area contributed by atoms with Crippen LogP contribution in [0, 0.1) is 5.95 Å². The number of benzene rings is 2. The number of nitrogens with one attached hydrogen (secondary N) is 1. The summed E-state index contributed by atoms with van der Waals surface area (Å²) < 4.78 is 22.4. The van der Waals surface area contributed by atoms with Gasteiger partial charge in [-0.3, -0.25) is 9.59 Å². The Morgan fingerprint density at radius 2 is 1.95 bits per heavy atom. The van der Waals surface area contributed by atoms with Gasteiger partial charge >= 0.3 is 0 Å². The monoisotopic (exact) mass is 575 g/mol. The lowest BCUT2D eigenvalue weighted by Crippen LogP contribution is -2.32. The smallest absolute Gasteiger partial charge is 0.253 e. The summed E-state index contributed by atoms with van der Waals surface area (Å²) >= 11 is 3.45. The van der Waals surface area contributed by atoms with Crippen LogP contribution in [0.1, 0.15) is 29.8 Å². The number of hydrogen-bond acceptors (Lipinski definition) is 5. The van der Waals surface area contributed by atoms with Crippen molar-refractivity contribution >= 4 is 33.4 Å². The Balaban J connectivity index is 1.34. The summed E-state index contributed by atoms with van der Waals surface area (Å²) in [7, 11) is 0. The van der Waals surface area contributed by atoms with Gasteiger partial charge in [-0.15, -0.1) is 0 Å². The Hall–Kier alpha value is -3.89. The van der Waals surface area contributed by atoms with Crippen molar-refractivity contribution < 1.29 is 18.7 Å². The first-order chi connectivity index (χ1) is 18.4. The largest absolute Gasteiger partial charge is 0.341 e. The van der Waals surface area contributed by atoms with E-state index < -0.39 is 18.3 Å². The number of nitrogens with zero attached hydrogens (tertiary/aromatic N) is 4. The summed E-state index contributed by atoms with van der Waals surface area (Å²) in [5, 5.41) is 7.63. The van der Waals surface area contributed by atoms with Crippen molar-refractivity contribution in [2.24, 2.45) is 0 Å². The van der Waals surface area contributed by atoms with Crippen LogP contribution in [0.25, 0.3) is 16.9 Å². The predicted molar refractivity (Wildman–Crippen MR) is 142 cm³/mol. The van der Waals surface area contributed by atoms with Crippen molar-refractivity contribution in [3.63, 3.8) is 0 Å². The molecule has 2 atom stereocenters. The SMILES string of the molecule is C[C@@H]1O[C@@H](c2cn(-c3ccc(Br)cc3)nc2-c2ccc(F)nc2)N(CCc2ccc3c(c2)CC(=O)N3)C1=O. The second kappa shape index (κ2) is 9.77. The van der Waals surface area contributed by atoms with Gasteiger partial charge < -0.3 is 15.0 Å². The van der Waals surface area contributed by atoms with Gasteiger partial charge in [0.05, 0.1) is 12.1 Å². The Kier molecular flexibility index (Phi) is 6.29. The van der Waals surface area contributed by atoms with E-state index in [9.17, 15) is 14.0 Å². The number of carbonyl (C=O) groups is 2.